The first-order valence-corrected chi connectivity index (χ1v) is 11.1. The molecule has 0 spiro atoms. The van der Waals surface area contributed by atoms with Gasteiger partial charge in [0.05, 0.1) is 28.9 Å². The molecule has 0 aliphatic carbocycles. The molecule has 0 fully saturated rings. The van der Waals surface area contributed by atoms with Gasteiger partial charge in [-0.2, -0.15) is 5.10 Å². The van der Waals surface area contributed by atoms with Gasteiger partial charge < -0.3 is 9.47 Å². The molecule has 0 unspecified atom stereocenters. The monoisotopic (exact) mass is 492 g/mol. The van der Waals surface area contributed by atoms with Crippen LogP contribution in [0.1, 0.15) is 35.4 Å². The Hall–Kier alpha value is -2.11. The van der Waals surface area contributed by atoms with E-state index in [1.54, 1.807) is 25.3 Å². The number of hydrogen-bond donors (Lipinski definition) is 0. The summed E-state index contributed by atoms with van der Waals surface area (Å²) >= 11 is 25.4. The average Bonchev–Trinajstić information content (AvgIpc) is 3.20. The molecule has 158 valence electrons. The second-order valence-electron chi connectivity index (χ2n) is 7.32. The predicted octanol–water partition coefficient (Wildman–Crippen LogP) is 7.55. The molecule has 0 N–H and O–H groups in total. The first-order valence-electron chi connectivity index (χ1n) is 9.55. The van der Waals surface area contributed by atoms with Crippen molar-refractivity contribution < 1.29 is 9.47 Å². The standard InChI is InChI=1S/C23H16Cl4N2O2/c1-30-15-5-2-12(3-6-15)20-11-21-17-8-14(25)10-19(27)22(17)31-23(29(21)28-20)16-7-4-13(24)9-18(16)26/h2-10,21,23H,11H2,1H3/t21-,23+/m0/s1. The van der Waals surface area contributed by atoms with Gasteiger partial charge in [0.25, 0.3) is 0 Å². The molecule has 4 nitrogen and oxygen atoms in total. The maximum absolute atomic E-state index is 6.52. The molecule has 0 bridgehead atoms. The number of halogens is 4. The summed E-state index contributed by atoms with van der Waals surface area (Å²) in [6.07, 6.45) is 0.109. The minimum Gasteiger partial charge on any atom is -0.497 e. The van der Waals surface area contributed by atoms with Crippen molar-refractivity contribution in [3.8, 4) is 11.5 Å². The first kappa shape index (κ1) is 20.8. The fraction of sp³-hybridized carbons (Fsp3) is 0.174. The minimum atomic E-state index is -0.559. The third-order valence-corrected chi connectivity index (χ3v) is 6.52. The Kier molecular flexibility index (Phi) is 5.43. The van der Waals surface area contributed by atoms with Gasteiger partial charge in [-0.25, -0.2) is 5.01 Å². The van der Waals surface area contributed by atoms with E-state index in [2.05, 4.69) is 0 Å². The van der Waals surface area contributed by atoms with E-state index in [0.29, 0.717) is 32.3 Å². The topological polar surface area (TPSA) is 34.1 Å². The van der Waals surface area contributed by atoms with Crippen LogP contribution in [0.4, 0.5) is 0 Å². The highest BCUT2D eigenvalue weighted by atomic mass is 35.5. The van der Waals surface area contributed by atoms with E-state index < -0.39 is 6.23 Å². The van der Waals surface area contributed by atoms with Crippen molar-refractivity contribution >= 4 is 52.1 Å². The lowest BCUT2D eigenvalue weighted by molar-refractivity contribution is -0.0188. The predicted molar refractivity (Wildman–Crippen MR) is 125 cm³/mol. The molecule has 0 saturated carbocycles. The summed E-state index contributed by atoms with van der Waals surface area (Å²) in [5.74, 6) is 1.38. The van der Waals surface area contributed by atoms with E-state index in [9.17, 15) is 0 Å². The van der Waals surface area contributed by atoms with E-state index >= 15 is 0 Å². The van der Waals surface area contributed by atoms with E-state index in [1.165, 1.54) is 0 Å². The summed E-state index contributed by atoms with van der Waals surface area (Å²) < 4.78 is 11.6. The summed E-state index contributed by atoms with van der Waals surface area (Å²) in [7, 11) is 1.64. The molecule has 2 aliphatic heterocycles. The molecule has 0 saturated heterocycles. The van der Waals surface area contributed by atoms with Crippen molar-refractivity contribution in [1.29, 1.82) is 0 Å². The number of nitrogens with zero attached hydrogens (tertiary/aromatic N) is 2. The van der Waals surface area contributed by atoms with Gasteiger partial charge in [-0.15, -0.1) is 0 Å². The van der Waals surface area contributed by atoms with E-state index in [0.717, 1.165) is 28.2 Å². The number of hydrogen-bond acceptors (Lipinski definition) is 4. The van der Waals surface area contributed by atoms with Crippen LogP contribution in [0.3, 0.4) is 0 Å². The smallest absolute Gasteiger partial charge is 0.215 e. The highest BCUT2D eigenvalue weighted by molar-refractivity contribution is 6.36. The van der Waals surface area contributed by atoms with E-state index in [-0.39, 0.29) is 6.04 Å². The lowest BCUT2D eigenvalue weighted by Gasteiger charge is -2.39. The molecule has 31 heavy (non-hydrogen) atoms. The molecule has 0 radical (unpaired) electrons. The number of rotatable bonds is 3. The van der Waals surface area contributed by atoms with Crippen LogP contribution in [-0.2, 0) is 0 Å². The van der Waals surface area contributed by atoms with Crippen molar-refractivity contribution in [3.63, 3.8) is 0 Å². The van der Waals surface area contributed by atoms with Crippen molar-refractivity contribution in [2.45, 2.75) is 18.7 Å². The van der Waals surface area contributed by atoms with Crippen LogP contribution >= 0.6 is 46.4 Å². The highest BCUT2D eigenvalue weighted by Gasteiger charge is 2.42. The van der Waals surface area contributed by atoms with Crippen molar-refractivity contribution in [3.05, 3.63) is 91.4 Å². The molecule has 8 heteroatoms. The van der Waals surface area contributed by atoms with Gasteiger partial charge >= 0.3 is 0 Å². The summed E-state index contributed by atoms with van der Waals surface area (Å²) in [6.45, 7) is 0. The largest absolute Gasteiger partial charge is 0.497 e. The van der Waals surface area contributed by atoms with Gasteiger partial charge in [0.1, 0.15) is 11.5 Å². The molecule has 0 aromatic heterocycles. The molecule has 2 heterocycles. The molecule has 2 aliphatic rings. The second kappa shape index (κ2) is 8.10. The zero-order valence-electron chi connectivity index (χ0n) is 16.3. The van der Waals surface area contributed by atoms with Crippen LogP contribution < -0.4 is 9.47 Å². The van der Waals surface area contributed by atoms with Crippen LogP contribution in [0, 0.1) is 0 Å². The first-order chi connectivity index (χ1) is 14.9. The number of hydrazone groups is 1. The number of benzene rings is 3. The van der Waals surface area contributed by atoms with Crippen LogP contribution in [-0.4, -0.2) is 17.8 Å². The number of fused-ring (bicyclic) bond motifs is 3. The summed E-state index contributed by atoms with van der Waals surface area (Å²) in [5.41, 5.74) is 3.58. The molecule has 5 rings (SSSR count). The number of methoxy groups -OCH3 is 1. The minimum absolute atomic E-state index is 0.103. The Balaban J connectivity index is 1.62. The van der Waals surface area contributed by atoms with Gasteiger partial charge in [-0.3, -0.25) is 0 Å². The van der Waals surface area contributed by atoms with Gasteiger partial charge in [-0.1, -0.05) is 52.5 Å². The Bertz CT molecular complexity index is 1200. The van der Waals surface area contributed by atoms with E-state index in [4.69, 9.17) is 61.0 Å². The molecular formula is C23H16Cl4N2O2. The van der Waals surface area contributed by atoms with Crippen molar-refractivity contribution in [2.75, 3.05) is 7.11 Å². The third kappa shape index (κ3) is 3.72. The van der Waals surface area contributed by atoms with E-state index in [1.807, 2.05) is 41.4 Å². The molecule has 0 amide bonds. The van der Waals surface area contributed by atoms with Crippen molar-refractivity contribution in [2.24, 2.45) is 5.10 Å². The van der Waals surface area contributed by atoms with Gasteiger partial charge in [0.15, 0.2) is 0 Å². The molecular weight excluding hydrogens is 478 g/mol. The fourth-order valence-electron chi connectivity index (χ4n) is 3.98. The Labute approximate surface area is 199 Å². The average molecular weight is 494 g/mol. The molecule has 3 aromatic rings. The fourth-order valence-corrected chi connectivity index (χ4v) is 5.03. The SMILES string of the molecule is COc1ccc(C2=NN3[C@@H](c4ccc(Cl)cc4Cl)Oc4c(Cl)cc(Cl)cc4[C@@H]3C2)cc1. The third-order valence-electron chi connectivity index (χ3n) is 5.46. The maximum Gasteiger partial charge on any atom is 0.215 e. The normalized spacial score (nSPS) is 19.4. The Morgan fingerprint density at radius 1 is 0.903 bits per heavy atom. The molecule has 3 aromatic carbocycles. The van der Waals surface area contributed by atoms with Gasteiger partial charge in [-0.05, 0) is 54.1 Å². The van der Waals surface area contributed by atoms with Crippen LogP contribution in [0.5, 0.6) is 11.5 Å². The highest BCUT2D eigenvalue weighted by Crippen LogP contribution is 2.51. The lowest BCUT2D eigenvalue weighted by Crippen LogP contribution is -2.34. The Morgan fingerprint density at radius 3 is 2.35 bits per heavy atom. The quantitative estimate of drug-likeness (QED) is 0.377. The van der Waals surface area contributed by atoms with Crippen LogP contribution in [0.15, 0.2) is 59.7 Å². The van der Waals surface area contributed by atoms with Gasteiger partial charge in [0.2, 0.25) is 6.23 Å². The Morgan fingerprint density at radius 2 is 1.65 bits per heavy atom. The summed E-state index contributed by atoms with van der Waals surface area (Å²) in [5, 5.41) is 8.89. The zero-order chi connectivity index (χ0) is 21.7. The summed E-state index contributed by atoms with van der Waals surface area (Å²) in [4.78, 5) is 0. The zero-order valence-corrected chi connectivity index (χ0v) is 19.3. The summed E-state index contributed by atoms with van der Waals surface area (Å²) in [6, 6.07) is 16.6. The molecule has 2 atom stereocenters. The van der Waals surface area contributed by atoms with Crippen LogP contribution in [0.2, 0.25) is 20.1 Å². The van der Waals surface area contributed by atoms with Crippen LogP contribution in [0.25, 0.3) is 0 Å². The lowest BCUT2D eigenvalue weighted by atomic mass is 9.96. The number of ether oxygens (including phenoxy) is 2. The second-order valence-corrected chi connectivity index (χ2v) is 9.00. The van der Waals surface area contributed by atoms with Crippen molar-refractivity contribution in [1.82, 2.24) is 5.01 Å². The van der Waals surface area contributed by atoms with Gasteiger partial charge in [0, 0.05) is 27.6 Å². The maximum atomic E-state index is 6.52.